The molecule has 27 heavy (non-hydrogen) atoms. The lowest BCUT2D eigenvalue weighted by Crippen LogP contribution is -2.32. The molecular weight excluding hydrogens is 385 g/mol. The van der Waals surface area contributed by atoms with E-state index in [-0.39, 0.29) is 30.7 Å². The lowest BCUT2D eigenvalue weighted by atomic mass is 10.0. The third-order valence-corrected chi connectivity index (χ3v) is 5.40. The van der Waals surface area contributed by atoms with Crippen LogP contribution in [0.15, 0.2) is 53.1 Å². The summed E-state index contributed by atoms with van der Waals surface area (Å²) in [4.78, 5) is 19.9. The molecule has 7 heteroatoms. The third kappa shape index (κ3) is 3.43. The number of nitrogens with zero attached hydrogens (tertiary/aromatic N) is 2. The summed E-state index contributed by atoms with van der Waals surface area (Å²) in [6.07, 6.45) is 1.63. The van der Waals surface area contributed by atoms with E-state index in [0.29, 0.717) is 28.9 Å². The SMILES string of the molecule is Cl.Cl.O=C(c1cc(-c2ccco2)nc2ccccc12)N1C[C@H]2CNC[C@H]2C1. The van der Waals surface area contributed by atoms with Gasteiger partial charge in [0.1, 0.15) is 5.69 Å². The number of nitrogens with one attached hydrogen (secondary N) is 1. The van der Waals surface area contributed by atoms with E-state index in [1.807, 2.05) is 47.4 Å². The molecule has 2 atom stereocenters. The van der Waals surface area contributed by atoms with E-state index in [1.54, 1.807) is 6.26 Å². The second-order valence-corrected chi connectivity index (χ2v) is 6.94. The fourth-order valence-electron chi connectivity index (χ4n) is 4.09. The van der Waals surface area contributed by atoms with Crippen LogP contribution >= 0.6 is 24.8 Å². The van der Waals surface area contributed by atoms with Crippen LogP contribution in [0.4, 0.5) is 0 Å². The van der Waals surface area contributed by atoms with Crippen molar-refractivity contribution in [3.63, 3.8) is 0 Å². The van der Waals surface area contributed by atoms with Crippen molar-refractivity contribution in [1.29, 1.82) is 0 Å². The van der Waals surface area contributed by atoms with Gasteiger partial charge in [0.2, 0.25) is 0 Å². The molecule has 3 aromatic rings. The Balaban J connectivity index is 0.00000105. The van der Waals surface area contributed by atoms with Gasteiger partial charge in [0.05, 0.1) is 17.3 Å². The maximum atomic E-state index is 13.3. The van der Waals surface area contributed by atoms with Crippen LogP contribution in [-0.2, 0) is 0 Å². The summed E-state index contributed by atoms with van der Waals surface area (Å²) >= 11 is 0. The Labute approximate surface area is 170 Å². The van der Waals surface area contributed by atoms with Gasteiger partial charge in [0, 0.05) is 31.6 Å². The predicted molar refractivity (Wildman–Crippen MR) is 110 cm³/mol. The largest absolute Gasteiger partial charge is 0.463 e. The molecule has 1 aromatic carbocycles. The number of amides is 1. The van der Waals surface area contributed by atoms with E-state index >= 15 is 0 Å². The van der Waals surface area contributed by atoms with Gasteiger partial charge in [-0.2, -0.15) is 0 Å². The maximum Gasteiger partial charge on any atom is 0.254 e. The van der Waals surface area contributed by atoms with Crippen LogP contribution in [0.2, 0.25) is 0 Å². The van der Waals surface area contributed by atoms with Crippen LogP contribution in [0.5, 0.6) is 0 Å². The highest BCUT2D eigenvalue weighted by Crippen LogP contribution is 2.30. The van der Waals surface area contributed by atoms with Crippen LogP contribution in [0, 0.1) is 11.8 Å². The first kappa shape index (κ1) is 19.7. The van der Waals surface area contributed by atoms with E-state index in [1.165, 1.54) is 0 Å². The van der Waals surface area contributed by atoms with Gasteiger partial charge in [0.15, 0.2) is 5.76 Å². The number of hydrogen-bond acceptors (Lipinski definition) is 4. The van der Waals surface area contributed by atoms with Crippen molar-refractivity contribution in [2.45, 2.75) is 0 Å². The monoisotopic (exact) mass is 405 g/mol. The number of fused-ring (bicyclic) bond motifs is 2. The van der Waals surface area contributed by atoms with Crippen molar-refractivity contribution < 1.29 is 9.21 Å². The molecule has 5 rings (SSSR count). The van der Waals surface area contributed by atoms with E-state index < -0.39 is 0 Å². The Bertz CT molecular complexity index is 934. The van der Waals surface area contributed by atoms with Gasteiger partial charge in [-0.05, 0) is 36.1 Å². The molecular formula is C20H21Cl2N3O2. The van der Waals surface area contributed by atoms with Crippen LogP contribution < -0.4 is 5.32 Å². The molecule has 2 aliphatic heterocycles. The summed E-state index contributed by atoms with van der Waals surface area (Å²) in [5.74, 6) is 1.95. The number of hydrogen-bond donors (Lipinski definition) is 1. The summed E-state index contributed by atoms with van der Waals surface area (Å²) in [5.41, 5.74) is 2.24. The second kappa shape index (κ2) is 7.89. The van der Waals surface area contributed by atoms with Crippen molar-refractivity contribution in [3.8, 4) is 11.5 Å². The highest BCUT2D eigenvalue weighted by atomic mass is 35.5. The molecule has 0 saturated carbocycles. The molecule has 1 amide bonds. The topological polar surface area (TPSA) is 58.4 Å². The minimum atomic E-state index is 0. The first-order valence-electron chi connectivity index (χ1n) is 8.73. The average molecular weight is 406 g/mol. The van der Waals surface area contributed by atoms with Gasteiger partial charge >= 0.3 is 0 Å². The predicted octanol–water partition coefficient (Wildman–Crippen LogP) is 3.63. The maximum absolute atomic E-state index is 13.3. The molecule has 2 aliphatic rings. The van der Waals surface area contributed by atoms with Gasteiger partial charge in [-0.1, -0.05) is 18.2 Å². The summed E-state index contributed by atoms with van der Waals surface area (Å²) in [6, 6.07) is 13.4. The smallest absolute Gasteiger partial charge is 0.254 e. The lowest BCUT2D eigenvalue weighted by Gasteiger charge is -2.19. The first-order chi connectivity index (χ1) is 12.3. The number of carbonyl (C=O) groups excluding carboxylic acids is 1. The Morgan fingerprint density at radius 2 is 1.81 bits per heavy atom. The van der Waals surface area contributed by atoms with E-state index in [0.717, 1.165) is 37.1 Å². The normalized spacial score (nSPS) is 20.8. The van der Waals surface area contributed by atoms with Crippen molar-refractivity contribution >= 4 is 41.6 Å². The Morgan fingerprint density at radius 3 is 2.52 bits per heavy atom. The van der Waals surface area contributed by atoms with Gasteiger partial charge in [0.25, 0.3) is 5.91 Å². The van der Waals surface area contributed by atoms with Crippen LogP contribution in [0.25, 0.3) is 22.4 Å². The molecule has 0 unspecified atom stereocenters. The number of halogens is 2. The van der Waals surface area contributed by atoms with Gasteiger partial charge < -0.3 is 14.6 Å². The quantitative estimate of drug-likeness (QED) is 0.706. The summed E-state index contributed by atoms with van der Waals surface area (Å²) in [7, 11) is 0. The van der Waals surface area contributed by atoms with Crippen LogP contribution in [-0.4, -0.2) is 42.0 Å². The summed E-state index contributed by atoms with van der Waals surface area (Å²) < 4.78 is 5.49. The van der Waals surface area contributed by atoms with Crippen molar-refractivity contribution in [3.05, 3.63) is 54.3 Å². The number of likely N-dealkylation sites (tertiary alicyclic amines) is 1. The van der Waals surface area contributed by atoms with E-state index in [9.17, 15) is 4.79 Å². The standard InChI is InChI=1S/C20H19N3O2.2ClH/c24-20(23-11-13-9-21-10-14(13)12-23)16-8-18(19-6-3-7-25-19)22-17-5-2-1-4-15(16)17;;/h1-8,13-14,21H,9-12H2;2*1H/t13-,14+;;. The summed E-state index contributed by atoms with van der Waals surface area (Å²) in [6.45, 7) is 3.71. The number of para-hydroxylation sites is 1. The van der Waals surface area contributed by atoms with Gasteiger partial charge in [-0.3, -0.25) is 4.79 Å². The molecule has 0 radical (unpaired) electrons. The Hall–Kier alpha value is -2.08. The fourth-order valence-corrected chi connectivity index (χ4v) is 4.09. The Morgan fingerprint density at radius 1 is 1.07 bits per heavy atom. The third-order valence-electron chi connectivity index (χ3n) is 5.40. The molecule has 4 heterocycles. The van der Waals surface area contributed by atoms with Crippen molar-refractivity contribution in [1.82, 2.24) is 15.2 Å². The zero-order chi connectivity index (χ0) is 16.8. The molecule has 0 bridgehead atoms. The van der Waals surface area contributed by atoms with Crippen LogP contribution in [0.3, 0.4) is 0 Å². The molecule has 5 nitrogen and oxygen atoms in total. The molecule has 0 aliphatic carbocycles. The number of pyridine rings is 1. The zero-order valence-corrected chi connectivity index (χ0v) is 16.3. The van der Waals surface area contributed by atoms with Crippen molar-refractivity contribution in [2.24, 2.45) is 11.8 Å². The molecule has 0 spiro atoms. The number of furan rings is 1. The number of rotatable bonds is 2. The molecule has 142 valence electrons. The van der Waals surface area contributed by atoms with Gasteiger partial charge in [-0.15, -0.1) is 24.8 Å². The zero-order valence-electron chi connectivity index (χ0n) is 14.6. The Kier molecular flexibility index (Phi) is 5.75. The minimum Gasteiger partial charge on any atom is -0.463 e. The van der Waals surface area contributed by atoms with E-state index in [4.69, 9.17) is 4.42 Å². The first-order valence-corrected chi connectivity index (χ1v) is 8.73. The summed E-state index contributed by atoms with van der Waals surface area (Å²) in [5, 5.41) is 4.32. The highest BCUT2D eigenvalue weighted by molar-refractivity contribution is 6.07. The number of aromatic nitrogens is 1. The highest BCUT2D eigenvalue weighted by Gasteiger charge is 2.38. The average Bonchev–Trinajstić information content (AvgIpc) is 3.36. The van der Waals surface area contributed by atoms with Crippen LogP contribution in [0.1, 0.15) is 10.4 Å². The molecule has 2 saturated heterocycles. The second-order valence-electron chi connectivity index (χ2n) is 6.94. The molecule has 2 aromatic heterocycles. The fraction of sp³-hybridized carbons (Fsp3) is 0.300. The van der Waals surface area contributed by atoms with Gasteiger partial charge in [-0.25, -0.2) is 4.98 Å². The minimum absolute atomic E-state index is 0. The molecule has 2 fully saturated rings. The lowest BCUT2D eigenvalue weighted by molar-refractivity contribution is 0.0783. The molecule has 1 N–H and O–H groups in total. The van der Waals surface area contributed by atoms with E-state index in [2.05, 4.69) is 10.3 Å². The number of benzene rings is 1. The van der Waals surface area contributed by atoms with Crippen molar-refractivity contribution in [2.75, 3.05) is 26.2 Å². The number of carbonyl (C=O) groups is 1.